The zero-order valence-electron chi connectivity index (χ0n) is 11.4. The topological polar surface area (TPSA) is 72.2 Å². The molecule has 0 saturated carbocycles. The van der Waals surface area contributed by atoms with Gasteiger partial charge in [-0.1, -0.05) is 26.0 Å². The molecule has 4 nitrogen and oxygen atoms in total. The van der Waals surface area contributed by atoms with Crippen molar-refractivity contribution in [3.05, 3.63) is 29.3 Å². The molecule has 1 aromatic carbocycles. The molecule has 1 aromatic rings. The lowest BCUT2D eigenvalue weighted by Gasteiger charge is -2.21. The SMILES string of the molecule is Cc1ccc(C)c(S(=O)(=O)NC(CN)C(C)C)c1. The van der Waals surface area contributed by atoms with E-state index in [1.165, 1.54) is 0 Å². The van der Waals surface area contributed by atoms with Crippen LogP contribution in [0.4, 0.5) is 0 Å². The predicted molar refractivity (Wildman–Crippen MR) is 73.9 cm³/mol. The second-order valence-electron chi connectivity index (χ2n) is 4.98. The molecule has 18 heavy (non-hydrogen) atoms. The van der Waals surface area contributed by atoms with Gasteiger partial charge in [0.1, 0.15) is 0 Å². The Bertz CT molecular complexity index is 510. The summed E-state index contributed by atoms with van der Waals surface area (Å²) < 4.78 is 27.3. The molecule has 0 aliphatic carbocycles. The second kappa shape index (κ2) is 5.82. The molecule has 0 fully saturated rings. The highest BCUT2D eigenvalue weighted by atomic mass is 32.2. The lowest BCUT2D eigenvalue weighted by atomic mass is 10.1. The van der Waals surface area contributed by atoms with E-state index in [0.29, 0.717) is 11.4 Å². The average Bonchev–Trinajstić information content (AvgIpc) is 2.28. The smallest absolute Gasteiger partial charge is 0.241 e. The van der Waals surface area contributed by atoms with E-state index in [4.69, 9.17) is 5.73 Å². The Balaban J connectivity index is 3.10. The van der Waals surface area contributed by atoms with Crippen LogP contribution >= 0.6 is 0 Å². The minimum Gasteiger partial charge on any atom is -0.329 e. The normalized spacial score (nSPS) is 13.9. The Labute approximate surface area is 110 Å². The largest absolute Gasteiger partial charge is 0.329 e. The Morgan fingerprint density at radius 3 is 2.39 bits per heavy atom. The van der Waals surface area contributed by atoms with Crippen molar-refractivity contribution in [1.82, 2.24) is 4.72 Å². The minimum absolute atomic E-state index is 0.162. The number of aryl methyl sites for hydroxylation is 2. The molecule has 0 bridgehead atoms. The summed E-state index contributed by atoms with van der Waals surface area (Å²) in [6.45, 7) is 7.86. The first-order chi connectivity index (χ1) is 8.27. The molecule has 0 aliphatic heterocycles. The van der Waals surface area contributed by atoms with Gasteiger partial charge in [0.15, 0.2) is 0 Å². The van der Waals surface area contributed by atoms with E-state index in [0.717, 1.165) is 11.1 Å². The molecular formula is C13H22N2O2S. The number of benzene rings is 1. The Kier molecular flexibility index (Phi) is 4.90. The fraction of sp³-hybridized carbons (Fsp3) is 0.538. The lowest BCUT2D eigenvalue weighted by Crippen LogP contribution is -2.43. The summed E-state index contributed by atoms with van der Waals surface area (Å²) in [5, 5.41) is 0. The summed E-state index contributed by atoms with van der Waals surface area (Å²) in [5.74, 6) is 0.162. The highest BCUT2D eigenvalue weighted by molar-refractivity contribution is 7.89. The highest BCUT2D eigenvalue weighted by Gasteiger charge is 2.22. The number of rotatable bonds is 5. The van der Waals surface area contributed by atoms with Crippen molar-refractivity contribution in [2.24, 2.45) is 11.7 Å². The van der Waals surface area contributed by atoms with Gasteiger partial charge in [0.05, 0.1) is 4.90 Å². The van der Waals surface area contributed by atoms with Gasteiger partial charge in [0.25, 0.3) is 0 Å². The second-order valence-corrected chi connectivity index (χ2v) is 6.66. The van der Waals surface area contributed by atoms with E-state index in [2.05, 4.69) is 4.72 Å². The van der Waals surface area contributed by atoms with Crippen LogP contribution in [0.3, 0.4) is 0 Å². The lowest BCUT2D eigenvalue weighted by molar-refractivity contribution is 0.454. The van der Waals surface area contributed by atoms with Crippen molar-refractivity contribution in [2.45, 2.75) is 38.6 Å². The van der Waals surface area contributed by atoms with Gasteiger partial charge < -0.3 is 5.73 Å². The number of nitrogens with one attached hydrogen (secondary N) is 1. The quantitative estimate of drug-likeness (QED) is 0.853. The molecule has 1 rings (SSSR count). The zero-order chi connectivity index (χ0) is 13.9. The van der Waals surface area contributed by atoms with Gasteiger partial charge in [-0.05, 0) is 37.0 Å². The average molecular weight is 270 g/mol. The van der Waals surface area contributed by atoms with Gasteiger partial charge >= 0.3 is 0 Å². The monoisotopic (exact) mass is 270 g/mol. The van der Waals surface area contributed by atoms with Crippen molar-refractivity contribution < 1.29 is 8.42 Å². The van der Waals surface area contributed by atoms with Crippen LogP contribution in [0.1, 0.15) is 25.0 Å². The molecule has 102 valence electrons. The molecule has 0 saturated heterocycles. The molecule has 3 N–H and O–H groups in total. The third kappa shape index (κ3) is 3.54. The molecule has 0 amide bonds. The van der Waals surface area contributed by atoms with Crippen molar-refractivity contribution in [3.8, 4) is 0 Å². The van der Waals surface area contributed by atoms with Crippen LogP contribution in [0.2, 0.25) is 0 Å². The first kappa shape index (κ1) is 15.1. The number of sulfonamides is 1. The van der Waals surface area contributed by atoms with Crippen LogP contribution in [0.15, 0.2) is 23.1 Å². The minimum atomic E-state index is -3.50. The van der Waals surface area contributed by atoms with Crippen LogP contribution in [0.25, 0.3) is 0 Å². The zero-order valence-corrected chi connectivity index (χ0v) is 12.2. The summed E-state index contributed by atoms with van der Waals surface area (Å²) in [5.41, 5.74) is 7.27. The van der Waals surface area contributed by atoms with Crippen molar-refractivity contribution in [2.75, 3.05) is 6.54 Å². The number of nitrogens with two attached hydrogens (primary N) is 1. The van der Waals surface area contributed by atoms with Gasteiger partial charge in [-0.15, -0.1) is 0 Å². The Morgan fingerprint density at radius 1 is 1.28 bits per heavy atom. The van der Waals surface area contributed by atoms with Crippen molar-refractivity contribution in [3.63, 3.8) is 0 Å². The maximum Gasteiger partial charge on any atom is 0.241 e. The van der Waals surface area contributed by atoms with Crippen LogP contribution in [0.5, 0.6) is 0 Å². The Morgan fingerprint density at radius 2 is 1.89 bits per heavy atom. The van der Waals surface area contributed by atoms with Crippen LogP contribution < -0.4 is 10.5 Å². The predicted octanol–water partition coefficient (Wildman–Crippen LogP) is 1.57. The third-order valence-corrected chi connectivity index (χ3v) is 4.63. The first-order valence-corrected chi connectivity index (χ1v) is 7.56. The first-order valence-electron chi connectivity index (χ1n) is 6.07. The molecular weight excluding hydrogens is 248 g/mol. The number of hydrogen-bond donors (Lipinski definition) is 2. The molecule has 0 radical (unpaired) electrons. The van der Waals surface area contributed by atoms with Gasteiger partial charge in [0, 0.05) is 12.6 Å². The fourth-order valence-electron chi connectivity index (χ4n) is 1.72. The van der Waals surface area contributed by atoms with E-state index in [1.807, 2.05) is 32.9 Å². The van der Waals surface area contributed by atoms with Crippen molar-refractivity contribution in [1.29, 1.82) is 0 Å². The van der Waals surface area contributed by atoms with Crippen LogP contribution in [-0.2, 0) is 10.0 Å². The Hall–Kier alpha value is -0.910. The molecule has 0 heterocycles. The van der Waals surface area contributed by atoms with E-state index >= 15 is 0 Å². The third-order valence-electron chi connectivity index (χ3n) is 3.00. The number of hydrogen-bond acceptors (Lipinski definition) is 3. The standard InChI is InChI=1S/C13H22N2O2S/c1-9(2)12(8-14)15-18(16,17)13-7-10(3)5-6-11(13)4/h5-7,9,12,15H,8,14H2,1-4H3. The molecule has 0 aliphatic rings. The van der Waals surface area contributed by atoms with Gasteiger partial charge in [0.2, 0.25) is 10.0 Å². The summed E-state index contributed by atoms with van der Waals surface area (Å²) >= 11 is 0. The molecule has 0 spiro atoms. The maximum absolute atomic E-state index is 12.3. The summed E-state index contributed by atoms with van der Waals surface area (Å²) in [6.07, 6.45) is 0. The van der Waals surface area contributed by atoms with E-state index < -0.39 is 10.0 Å². The van der Waals surface area contributed by atoms with Crippen LogP contribution in [-0.4, -0.2) is 21.0 Å². The molecule has 1 unspecified atom stereocenters. The fourth-order valence-corrected chi connectivity index (χ4v) is 3.44. The van der Waals surface area contributed by atoms with Gasteiger partial charge in [-0.3, -0.25) is 0 Å². The van der Waals surface area contributed by atoms with E-state index in [9.17, 15) is 8.42 Å². The summed E-state index contributed by atoms with van der Waals surface area (Å²) in [4.78, 5) is 0.335. The van der Waals surface area contributed by atoms with Gasteiger partial charge in [-0.25, -0.2) is 13.1 Å². The molecule has 0 aromatic heterocycles. The maximum atomic E-state index is 12.3. The highest BCUT2D eigenvalue weighted by Crippen LogP contribution is 2.17. The van der Waals surface area contributed by atoms with Gasteiger partial charge in [-0.2, -0.15) is 0 Å². The van der Waals surface area contributed by atoms with E-state index in [-0.39, 0.29) is 12.0 Å². The molecule has 1 atom stereocenters. The molecule has 5 heteroatoms. The van der Waals surface area contributed by atoms with Crippen molar-refractivity contribution >= 4 is 10.0 Å². The van der Waals surface area contributed by atoms with E-state index in [1.54, 1.807) is 13.0 Å². The van der Waals surface area contributed by atoms with Crippen LogP contribution in [0, 0.1) is 19.8 Å². The summed E-state index contributed by atoms with van der Waals surface area (Å²) in [6, 6.07) is 5.16. The summed E-state index contributed by atoms with van der Waals surface area (Å²) in [7, 11) is -3.50.